The fourth-order valence-electron chi connectivity index (χ4n) is 2.44. The molecule has 0 aromatic heterocycles. The average Bonchev–Trinajstić information content (AvgIpc) is 2.40. The van der Waals surface area contributed by atoms with Gasteiger partial charge < -0.3 is 9.84 Å². The highest BCUT2D eigenvalue weighted by Gasteiger charge is 2.54. The number of aliphatic hydroxyl groups is 1. The molecule has 1 saturated heterocycles. The van der Waals surface area contributed by atoms with Crippen LogP contribution < -0.4 is 0 Å². The molecule has 100 valence electrons. The highest BCUT2D eigenvalue weighted by molar-refractivity contribution is 7.85. The van der Waals surface area contributed by atoms with E-state index in [4.69, 9.17) is 4.74 Å². The number of fused-ring (bicyclic) bond motifs is 2. The van der Waals surface area contributed by atoms with Gasteiger partial charge in [-0.3, -0.25) is 4.21 Å². The Kier molecular flexibility index (Phi) is 2.83. The maximum Gasteiger partial charge on any atom is 0.344 e. The largest absolute Gasteiger partial charge is 0.456 e. The molecule has 1 N–H and O–H groups in total. The molecule has 3 aliphatic rings. The maximum atomic E-state index is 12.6. The van der Waals surface area contributed by atoms with E-state index in [0.29, 0.717) is 11.3 Å². The zero-order valence-corrected chi connectivity index (χ0v) is 11.2. The van der Waals surface area contributed by atoms with E-state index in [2.05, 4.69) is 0 Å². The van der Waals surface area contributed by atoms with Crippen LogP contribution in [0.15, 0.2) is 41.3 Å². The van der Waals surface area contributed by atoms with E-state index in [0.717, 1.165) is 5.56 Å². The maximum absolute atomic E-state index is 12.6. The second kappa shape index (κ2) is 4.28. The van der Waals surface area contributed by atoms with Crippen molar-refractivity contribution in [2.75, 3.05) is 0 Å². The van der Waals surface area contributed by atoms with E-state index >= 15 is 0 Å². The molecule has 1 fully saturated rings. The number of carbonyl (C=O) groups excluding carboxylic acids is 1. The lowest BCUT2D eigenvalue weighted by molar-refractivity contribution is -0.174. The van der Waals surface area contributed by atoms with Gasteiger partial charge >= 0.3 is 5.97 Å². The summed E-state index contributed by atoms with van der Waals surface area (Å²) in [6.45, 7) is 1.95. The van der Waals surface area contributed by atoms with Gasteiger partial charge in [0.25, 0.3) is 0 Å². The molecular weight excluding hydrogens is 264 g/mol. The third-order valence-electron chi connectivity index (χ3n) is 3.60. The number of hydrogen-bond acceptors (Lipinski definition) is 4. The average molecular weight is 278 g/mol. The van der Waals surface area contributed by atoms with Gasteiger partial charge in [-0.25, -0.2) is 4.79 Å². The molecule has 1 aliphatic carbocycles. The second-order valence-corrected chi connectivity index (χ2v) is 6.60. The number of ether oxygens (including phenoxy) is 1. The summed E-state index contributed by atoms with van der Waals surface area (Å²) >= 11 is 0. The van der Waals surface area contributed by atoms with Crippen LogP contribution in [0.4, 0.5) is 0 Å². The molecule has 1 unspecified atom stereocenters. The van der Waals surface area contributed by atoms with Gasteiger partial charge in [0.05, 0.1) is 16.0 Å². The molecule has 0 spiro atoms. The Morgan fingerprint density at radius 1 is 1.37 bits per heavy atom. The minimum atomic E-state index is -1.76. The lowest BCUT2D eigenvalue weighted by Crippen LogP contribution is -2.59. The van der Waals surface area contributed by atoms with E-state index in [1.165, 1.54) is 6.08 Å². The number of esters is 1. The number of carbonyl (C=O) groups is 1. The van der Waals surface area contributed by atoms with E-state index < -0.39 is 27.6 Å². The highest BCUT2D eigenvalue weighted by Crippen LogP contribution is 2.37. The summed E-state index contributed by atoms with van der Waals surface area (Å²) in [5.41, 5.74) is -0.686. The predicted octanol–water partition coefficient (Wildman–Crippen LogP) is 1.09. The van der Waals surface area contributed by atoms with Crippen LogP contribution in [0.5, 0.6) is 0 Å². The summed E-state index contributed by atoms with van der Waals surface area (Å²) in [5, 5.41) is 9.73. The van der Waals surface area contributed by atoms with Crippen LogP contribution >= 0.6 is 0 Å². The first-order chi connectivity index (χ1) is 9.00. The van der Waals surface area contributed by atoms with Crippen LogP contribution in [0.1, 0.15) is 12.0 Å². The van der Waals surface area contributed by atoms with E-state index in [9.17, 15) is 14.1 Å². The van der Waals surface area contributed by atoms with Gasteiger partial charge in [-0.05, 0) is 31.2 Å². The summed E-state index contributed by atoms with van der Waals surface area (Å²) in [6, 6.07) is 7.28. The first-order valence-corrected chi connectivity index (χ1v) is 7.32. The standard InChI is InChI=1S/C14H14O4S/c1-9-2-4-11(5-3-9)19(17)12-8-10-6-7-14(12,16)13(15)18-10/h2-7,10,12,16H,8H2,1H3/t10-,12+,14-,19?/m1/s1. The Morgan fingerprint density at radius 3 is 2.68 bits per heavy atom. The monoisotopic (exact) mass is 278 g/mol. The topological polar surface area (TPSA) is 63.6 Å². The molecule has 5 heteroatoms. The molecule has 0 saturated carbocycles. The Labute approximate surface area is 113 Å². The van der Waals surface area contributed by atoms with Crippen molar-refractivity contribution in [1.82, 2.24) is 0 Å². The molecule has 4 atom stereocenters. The number of benzene rings is 1. The molecule has 4 rings (SSSR count). The van der Waals surface area contributed by atoms with Crippen molar-refractivity contribution in [2.45, 2.75) is 35.2 Å². The fraction of sp³-hybridized carbons (Fsp3) is 0.357. The third-order valence-corrected chi connectivity index (χ3v) is 5.40. The van der Waals surface area contributed by atoms with Gasteiger partial charge in [0, 0.05) is 11.3 Å². The molecule has 0 radical (unpaired) electrons. The zero-order chi connectivity index (χ0) is 13.6. The quantitative estimate of drug-likeness (QED) is 0.649. The number of aryl methyl sites for hydroxylation is 1. The van der Waals surface area contributed by atoms with Gasteiger partial charge in [-0.2, -0.15) is 0 Å². The van der Waals surface area contributed by atoms with E-state index in [-0.39, 0.29) is 6.10 Å². The summed E-state index contributed by atoms with van der Waals surface area (Å²) in [4.78, 5) is 12.3. The molecule has 2 bridgehead atoms. The van der Waals surface area contributed by atoms with Crippen molar-refractivity contribution in [3.8, 4) is 0 Å². The summed E-state index contributed by atoms with van der Waals surface area (Å²) in [6.07, 6.45) is 3.09. The lowest BCUT2D eigenvalue weighted by atomic mass is 9.86. The van der Waals surface area contributed by atoms with Crippen LogP contribution in [0.25, 0.3) is 0 Å². The van der Waals surface area contributed by atoms with Gasteiger partial charge in [-0.1, -0.05) is 17.7 Å². The second-order valence-electron chi connectivity index (χ2n) is 4.96. The van der Waals surface area contributed by atoms with Crippen molar-refractivity contribution in [1.29, 1.82) is 0 Å². The van der Waals surface area contributed by atoms with Crippen LogP contribution in [0, 0.1) is 6.92 Å². The Bertz CT molecular complexity index is 578. The van der Waals surface area contributed by atoms with Gasteiger partial charge in [0.2, 0.25) is 0 Å². The first-order valence-electron chi connectivity index (χ1n) is 6.11. The van der Waals surface area contributed by atoms with Crippen molar-refractivity contribution in [2.24, 2.45) is 0 Å². The number of rotatable bonds is 2. The van der Waals surface area contributed by atoms with Gasteiger partial charge in [0.1, 0.15) is 6.10 Å². The zero-order valence-electron chi connectivity index (χ0n) is 10.4. The van der Waals surface area contributed by atoms with Crippen molar-refractivity contribution in [3.63, 3.8) is 0 Å². The van der Waals surface area contributed by atoms with Gasteiger partial charge in [-0.15, -0.1) is 0 Å². The van der Waals surface area contributed by atoms with E-state index in [1.807, 2.05) is 19.1 Å². The summed E-state index contributed by atoms with van der Waals surface area (Å²) in [7, 11) is -1.44. The highest BCUT2D eigenvalue weighted by atomic mass is 32.2. The fourth-order valence-corrected chi connectivity index (χ4v) is 4.04. The SMILES string of the molecule is Cc1ccc(S(=O)[C@H]2C[C@H]3C=C[C@]2(O)C(=O)O3)cc1. The van der Waals surface area contributed by atoms with Crippen LogP contribution in [0.2, 0.25) is 0 Å². The molecule has 2 aliphatic heterocycles. The smallest absolute Gasteiger partial charge is 0.344 e. The van der Waals surface area contributed by atoms with Gasteiger partial charge in [0.15, 0.2) is 5.60 Å². The first kappa shape index (κ1) is 12.6. The molecule has 0 amide bonds. The Morgan fingerprint density at radius 2 is 2.05 bits per heavy atom. The Hall–Kier alpha value is -1.46. The summed E-state index contributed by atoms with van der Waals surface area (Å²) in [5.74, 6) is -0.697. The minimum Gasteiger partial charge on any atom is -0.456 e. The molecule has 4 nitrogen and oxygen atoms in total. The van der Waals surface area contributed by atoms with Crippen LogP contribution in [-0.2, 0) is 20.3 Å². The van der Waals surface area contributed by atoms with Crippen LogP contribution in [0.3, 0.4) is 0 Å². The summed E-state index contributed by atoms with van der Waals surface area (Å²) < 4.78 is 17.6. The van der Waals surface area contributed by atoms with Crippen molar-refractivity contribution in [3.05, 3.63) is 42.0 Å². The molecular formula is C14H14O4S. The number of hydrogen-bond donors (Lipinski definition) is 1. The third kappa shape index (κ3) is 1.93. The van der Waals surface area contributed by atoms with E-state index in [1.54, 1.807) is 18.2 Å². The normalized spacial score (nSPS) is 34.1. The lowest BCUT2D eigenvalue weighted by Gasteiger charge is -2.41. The Balaban J connectivity index is 1.95. The van der Waals surface area contributed by atoms with Crippen molar-refractivity contribution < 1.29 is 18.8 Å². The predicted molar refractivity (Wildman–Crippen MR) is 70.0 cm³/mol. The molecule has 2 heterocycles. The molecule has 1 aromatic carbocycles. The molecule has 19 heavy (non-hydrogen) atoms. The van der Waals surface area contributed by atoms with Crippen LogP contribution in [-0.4, -0.2) is 32.2 Å². The molecule has 1 aromatic rings. The minimum absolute atomic E-state index is 0.374. The van der Waals surface area contributed by atoms with Crippen molar-refractivity contribution >= 4 is 16.8 Å².